The predicted octanol–water partition coefficient (Wildman–Crippen LogP) is 5.54. The highest BCUT2D eigenvalue weighted by molar-refractivity contribution is 5.76. The number of nitrogens with zero attached hydrogens (tertiary/aromatic N) is 1. The Balaban J connectivity index is 5.41. The van der Waals surface area contributed by atoms with E-state index in [1.54, 1.807) is 6.92 Å². The van der Waals surface area contributed by atoms with E-state index in [4.69, 9.17) is 9.94 Å². The molecular weight excluding hydrogens is 489 g/mol. The van der Waals surface area contributed by atoms with Crippen molar-refractivity contribution in [3.63, 3.8) is 0 Å². The van der Waals surface area contributed by atoms with Crippen LogP contribution in [0.3, 0.4) is 0 Å². The van der Waals surface area contributed by atoms with Gasteiger partial charge in [0.2, 0.25) is 0 Å². The maximum Gasteiger partial charge on any atom is 0.460 e. The summed E-state index contributed by atoms with van der Waals surface area (Å²) in [4.78, 5) is 11.4. The SMILES string of the molecule is CCCCCOCC(=O)N(O)CCC(F)(F)C(F)(F)C(F)(F)C(F)(F)C(F)(F)C(F)(F)F. The number of hydrogen-bond donors (Lipinski definition) is 1. The van der Waals surface area contributed by atoms with Crippen LogP contribution in [-0.2, 0) is 9.53 Å². The lowest BCUT2D eigenvalue weighted by Crippen LogP contribution is -2.70. The van der Waals surface area contributed by atoms with E-state index in [-0.39, 0.29) is 6.61 Å². The number of unbranched alkanes of at least 4 members (excludes halogenated alkanes) is 2. The zero-order chi connectivity index (χ0) is 25.8. The van der Waals surface area contributed by atoms with E-state index < -0.39 is 66.3 Å². The van der Waals surface area contributed by atoms with Gasteiger partial charge in [-0.1, -0.05) is 19.8 Å². The van der Waals surface area contributed by atoms with Gasteiger partial charge in [0.25, 0.3) is 5.91 Å². The molecule has 17 heteroatoms. The fraction of sp³-hybridized carbons (Fsp3) is 0.933. The number of carbonyl (C=O) groups excluding carboxylic acids is 1. The van der Waals surface area contributed by atoms with Crippen molar-refractivity contribution in [3.05, 3.63) is 0 Å². The van der Waals surface area contributed by atoms with E-state index in [1.807, 2.05) is 0 Å². The molecule has 1 amide bonds. The molecule has 0 aromatic carbocycles. The number of rotatable bonds is 13. The van der Waals surface area contributed by atoms with Gasteiger partial charge in [-0.05, 0) is 6.42 Å². The van der Waals surface area contributed by atoms with Crippen molar-refractivity contribution < 1.29 is 71.8 Å². The maximum absolute atomic E-state index is 13.6. The molecule has 0 radical (unpaired) electrons. The second-order valence-corrected chi connectivity index (χ2v) is 6.53. The molecule has 0 saturated heterocycles. The monoisotopic (exact) mass is 507 g/mol. The van der Waals surface area contributed by atoms with Gasteiger partial charge < -0.3 is 4.74 Å². The number of halogens is 13. The van der Waals surface area contributed by atoms with Gasteiger partial charge in [-0.25, -0.2) is 5.06 Å². The maximum atomic E-state index is 13.6. The summed E-state index contributed by atoms with van der Waals surface area (Å²) in [6, 6.07) is 0. The van der Waals surface area contributed by atoms with Crippen molar-refractivity contribution in [1.82, 2.24) is 5.06 Å². The molecule has 0 aliphatic rings. The van der Waals surface area contributed by atoms with Crippen LogP contribution in [0.1, 0.15) is 32.6 Å². The van der Waals surface area contributed by atoms with Gasteiger partial charge in [0, 0.05) is 13.0 Å². The molecule has 32 heavy (non-hydrogen) atoms. The summed E-state index contributed by atoms with van der Waals surface area (Å²) in [5.41, 5.74) is 0. The molecule has 0 aromatic rings. The third kappa shape index (κ3) is 5.88. The molecule has 0 heterocycles. The van der Waals surface area contributed by atoms with Crippen LogP contribution in [0.15, 0.2) is 0 Å². The quantitative estimate of drug-likeness (QED) is 0.154. The highest BCUT2D eigenvalue weighted by atomic mass is 19.4. The van der Waals surface area contributed by atoms with E-state index in [9.17, 15) is 61.9 Å². The molecule has 0 fully saturated rings. The van der Waals surface area contributed by atoms with Crippen LogP contribution < -0.4 is 0 Å². The molecular formula is C15H18F13NO3. The summed E-state index contributed by atoms with van der Waals surface area (Å²) < 4.78 is 173. The minimum Gasteiger partial charge on any atom is -0.372 e. The van der Waals surface area contributed by atoms with Crippen LogP contribution in [0.2, 0.25) is 0 Å². The van der Waals surface area contributed by atoms with Crippen molar-refractivity contribution >= 4 is 5.91 Å². The van der Waals surface area contributed by atoms with Crippen molar-refractivity contribution in [3.8, 4) is 0 Å². The first-order valence-electron chi connectivity index (χ1n) is 8.64. The lowest BCUT2D eigenvalue weighted by molar-refractivity contribution is -0.440. The van der Waals surface area contributed by atoms with E-state index in [2.05, 4.69) is 0 Å². The molecule has 1 N–H and O–H groups in total. The van der Waals surface area contributed by atoms with Crippen molar-refractivity contribution in [2.75, 3.05) is 19.8 Å². The number of hydroxylamine groups is 2. The van der Waals surface area contributed by atoms with Gasteiger partial charge >= 0.3 is 35.8 Å². The Bertz CT molecular complexity index is 622. The standard InChI is InChI=1S/C15H18F13NO3/c1-2-3-4-7-32-8-9(30)29(31)6-5-10(16,17)11(18,19)12(20,21)13(22,23)14(24,25)15(26,27)28/h31H,2-8H2,1H3. The second kappa shape index (κ2) is 10.2. The topological polar surface area (TPSA) is 49.8 Å². The largest absolute Gasteiger partial charge is 0.460 e. The molecule has 0 aliphatic heterocycles. The summed E-state index contributed by atoms with van der Waals surface area (Å²) >= 11 is 0. The van der Waals surface area contributed by atoms with E-state index in [0.29, 0.717) is 12.8 Å². The van der Waals surface area contributed by atoms with E-state index in [1.165, 1.54) is 0 Å². The molecule has 0 atom stereocenters. The average molecular weight is 507 g/mol. The third-order valence-electron chi connectivity index (χ3n) is 4.04. The van der Waals surface area contributed by atoms with Gasteiger partial charge in [-0.3, -0.25) is 10.0 Å². The number of ether oxygens (including phenoxy) is 1. The van der Waals surface area contributed by atoms with Crippen LogP contribution in [0, 0.1) is 0 Å². The summed E-state index contributed by atoms with van der Waals surface area (Å²) in [6.45, 7) is -1.12. The third-order valence-corrected chi connectivity index (χ3v) is 4.04. The van der Waals surface area contributed by atoms with Crippen molar-refractivity contribution in [2.45, 2.75) is 68.4 Å². The lowest BCUT2D eigenvalue weighted by atomic mass is 9.92. The minimum absolute atomic E-state index is 0.0453. The van der Waals surface area contributed by atoms with Crippen LogP contribution >= 0.6 is 0 Å². The molecule has 0 rings (SSSR count). The van der Waals surface area contributed by atoms with Gasteiger partial charge in [-0.15, -0.1) is 0 Å². The van der Waals surface area contributed by atoms with Gasteiger partial charge in [0.15, 0.2) is 0 Å². The summed E-state index contributed by atoms with van der Waals surface area (Å²) in [7, 11) is 0. The van der Waals surface area contributed by atoms with E-state index in [0.717, 1.165) is 6.42 Å². The fourth-order valence-corrected chi connectivity index (χ4v) is 2.02. The number of alkyl halides is 13. The highest BCUT2D eigenvalue weighted by Crippen LogP contribution is 2.60. The molecule has 0 aromatic heterocycles. The average Bonchev–Trinajstić information content (AvgIpc) is 2.64. The van der Waals surface area contributed by atoms with Crippen LogP contribution in [0.25, 0.3) is 0 Å². The van der Waals surface area contributed by atoms with Gasteiger partial charge in [0.1, 0.15) is 6.61 Å². The molecule has 4 nitrogen and oxygen atoms in total. The summed E-state index contributed by atoms with van der Waals surface area (Å²) in [5.74, 6) is -39.1. The van der Waals surface area contributed by atoms with Crippen molar-refractivity contribution in [2.24, 2.45) is 0 Å². The van der Waals surface area contributed by atoms with Crippen molar-refractivity contribution in [1.29, 1.82) is 0 Å². The van der Waals surface area contributed by atoms with E-state index >= 15 is 0 Å². The highest BCUT2D eigenvalue weighted by Gasteiger charge is 2.90. The lowest BCUT2D eigenvalue weighted by Gasteiger charge is -2.39. The van der Waals surface area contributed by atoms with Gasteiger partial charge in [-0.2, -0.15) is 57.1 Å². The zero-order valence-electron chi connectivity index (χ0n) is 16.1. The smallest absolute Gasteiger partial charge is 0.372 e. The first kappa shape index (κ1) is 30.5. The Morgan fingerprint density at radius 2 is 1.25 bits per heavy atom. The minimum atomic E-state index is -7.99. The first-order valence-corrected chi connectivity index (χ1v) is 8.64. The van der Waals surface area contributed by atoms with Crippen LogP contribution in [0.5, 0.6) is 0 Å². The predicted molar refractivity (Wildman–Crippen MR) is 79.3 cm³/mol. The van der Waals surface area contributed by atoms with Gasteiger partial charge in [0.05, 0.1) is 6.54 Å². The molecule has 0 saturated carbocycles. The Morgan fingerprint density at radius 1 is 0.781 bits per heavy atom. The normalized spacial score (nSPS) is 14.6. The Morgan fingerprint density at radius 3 is 1.69 bits per heavy atom. The number of carbonyl (C=O) groups is 1. The fourth-order valence-electron chi connectivity index (χ4n) is 2.02. The summed E-state index contributed by atoms with van der Waals surface area (Å²) in [6.07, 6.45) is -8.36. The Kier molecular flexibility index (Phi) is 9.69. The zero-order valence-corrected chi connectivity index (χ0v) is 16.1. The van der Waals surface area contributed by atoms with Crippen LogP contribution in [-0.4, -0.2) is 71.7 Å². The Hall–Kier alpha value is -1.52. The molecule has 0 spiro atoms. The molecule has 0 unspecified atom stereocenters. The molecule has 0 aliphatic carbocycles. The summed E-state index contributed by atoms with van der Waals surface area (Å²) in [5, 5.41) is 8.45. The first-order chi connectivity index (χ1) is 14.1. The molecule has 192 valence electrons. The number of amides is 1. The number of hydrogen-bond acceptors (Lipinski definition) is 3. The Labute approximate surface area is 172 Å². The molecule has 0 bridgehead atoms. The van der Waals surface area contributed by atoms with Crippen LogP contribution in [0.4, 0.5) is 57.1 Å². The second-order valence-electron chi connectivity index (χ2n) is 6.53.